The average Bonchev–Trinajstić information content (AvgIpc) is 2.55. The van der Waals surface area contributed by atoms with Crippen molar-refractivity contribution in [1.82, 2.24) is 4.98 Å². The highest BCUT2D eigenvalue weighted by Crippen LogP contribution is 2.22. The normalized spacial score (nSPS) is 10.7. The number of pyridine rings is 1. The summed E-state index contributed by atoms with van der Waals surface area (Å²) >= 11 is 0. The number of halogens is 1. The number of aldehydes is 1. The summed E-state index contributed by atoms with van der Waals surface area (Å²) < 4.78 is 14.2. The van der Waals surface area contributed by atoms with Gasteiger partial charge in [-0.25, -0.2) is 4.39 Å². The van der Waals surface area contributed by atoms with Gasteiger partial charge in [0.2, 0.25) is 0 Å². The molecule has 0 aliphatic carbocycles. The van der Waals surface area contributed by atoms with Crippen LogP contribution in [0.4, 0.5) is 10.1 Å². The number of carbonyl (C=O) groups excluding carboxylic acids is 1. The van der Waals surface area contributed by atoms with Crippen LogP contribution in [-0.4, -0.2) is 23.0 Å². The van der Waals surface area contributed by atoms with Crippen molar-refractivity contribution < 1.29 is 9.18 Å². The summed E-state index contributed by atoms with van der Waals surface area (Å²) in [6, 6.07) is 6.57. The van der Waals surface area contributed by atoms with Crippen molar-refractivity contribution in [1.29, 1.82) is 5.41 Å². The third-order valence-corrected chi connectivity index (χ3v) is 3.56. The number of hydrogen-bond acceptors (Lipinski definition) is 4. The molecule has 0 fully saturated rings. The fraction of sp³-hybridized carbons (Fsp3) is 0.316. The second-order valence-corrected chi connectivity index (χ2v) is 6.02. The molecule has 1 aromatic heterocycles. The van der Waals surface area contributed by atoms with Gasteiger partial charge in [0.15, 0.2) is 6.29 Å². The van der Waals surface area contributed by atoms with Crippen molar-refractivity contribution in [3.8, 4) is 0 Å². The number of aryl methyl sites for hydroxylation is 1. The van der Waals surface area contributed by atoms with Crippen molar-refractivity contribution in [2.45, 2.75) is 39.7 Å². The SMILES string of the molecule is CCCc1ccc(F)c(C(=N)c2ncc(C=O)cc2NC(C)C)c1. The van der Waals surface area contributed by atoms with Crippen molar-refractivity contribution >= 4 is 17.7 Å². The maximum atomic E-state index is 14.2. The van der Waals surface area contributed by atoms with E-state index in [-0.39, 0.29) is 17.3 Å². The first-order chi connectivity index (χ1) is 11.5. The van der Waals surface area contributed by atoms with Gasteiger partial charge in [-0.15, -0.1) is 0 Å². The topological polar surface area (TPSA) is 65.8 Å². The molecule has 0 bridgehead atoms. The van der Waals surface area contributed by atoms with Gasteiger partial charge in [0.25, 0.3) is 0 Å². The Hall–Kier alpha value is -2.56. The molecule has 1 heterocycles. The van der Waals surface area contributed by atoms with Crippen LogP contribution in [0.25, 0.3) is 0 Å². The van der Waals surface area contributed by atoms with E-state index in [1.54, 1.807) is 18.2 Å². The summed E-state index contributed by atoms with van der Waals surface area (Å²) in [4.78, 5) is 15.2. The summed E-state index contributed by atoms with van der Waals surface area (Å²) in [6.07, 6.45) is 3.88. The predicted molar refractivity (Wildman–Crippen MR) is 94.7 cm³/mol. The van der Waals surface area contributed by atoms with E-state index in [1.807, 2.05) is 13.8 Å². The Morgan fingerprint density at radius 2 is 2.12 bits per heavy atom. The quantitative estimate of drug-likeness (QED) is 0.591. The standard InChI is InChI=1S/C19H22FN3O/c1-4-5-13-6-7-16(20)15(8-13)18(21)19-17(23-12(2)3)9-14(11-24)10-22-19/h6-12,21,23H,4-5H2,1-3H3. The molecule has 5 heteroatoms. The van der Waals surface area contributed by atoms with Gasteiger partial charge in [-0.05, 0) is 44.0 Å². The molecule has 0 atom stereocenters. The van der Waals surface area contributed by atoms with Crippen molar-refractivity contribution in [2.24, 2.45) is 0 Å². The molecule has 0 unspecified atom stereocenters. The maximum Gasteiger partial charge on any atom is 0.151 e. The van der Waals surface area contributed by atoms with Crippen LogP contribution in [0.2, 0.25) is 0 Å². The lowest BCUT2D eigenvalue weighted by Gasteiger charge is -2.16. The van der Waals surface area contributed by atoms with Gasteiger partial charge in [-0.2, -0.15) is 0 Å². The number of aromatic nitrogens is 1. The molecule has 1 aromatic carbocycles. The van der Waals surface area contributed by atoms with Crippen LogP contribution in [0.15, 0.2) is 30.5 Å². The van der Waals surface area contributed by atoms with Crippen molar-refractivity contribution in [3.05, 3.63) is 58.7 Å². The molecule has 126 valence electrons. The summed E-state index contributed by atoms with van der Waals surface area (Å²) in [7, 11) is 0. The molecule has 2 rings (SSSR count). The molecule has 0 radical (unpaired) electrons. The molecule has 2 aromatic rings. The van der Waals surface area contributed by atoms with Crippen LogP contribution in [-0.2, 0) is 6.42 Å². The monoisotopic (exact) mass is 327 g/mol. The molecule has 0 saturated carbocycles. The van der Waals surface area contributed by atoms with Crippen LogP contribution < -0.4 is 5.32 Å². The first-order valence-corrected chi connectivity index (χ1v) is 8.05. The first kappa shape index (κ1) is 17.8. The van der Waals surface area contributed by atoms with E-state index in [0.29, 0.717) is 23.2 Å². The third kappa shape index (κ3) is 4.04. The predicted octanol–water partition coefficient (Wildman–Crippen LogP) is 4.22. The van der Waals surface area contributed by atoms with Crippen molar-refractivity contribution in [3.63, 3.8) is 0 Å². The minimum Gasteiger partial charge on any atom is -0.381 e. The number of benzene rings is 1. The van der Waals surface area contributed by atoms with E-state index in [9.17, 15) is 9.18 Å². The van der Waals surface area contributed by atoms with Gasteiger partial charge in [0, 0.05) is 23.4 Å². The lowest BCUT2D eigenvalue weighted by molar-refractivity contribution is 0.112. The van der Waals surface area contributed by atoms with Gasteiger partial charge in [0.1, 0.15) is 11.5 Å². The largest absolute Gasteiger partial charge is 0.381 e. The molecular weight excluding hydrogens is 305 g/mol. The number of nitrogens with one attached hydrogen (secondary N) is 2. The van der Waals surface area contributed by atoms with E-state index in [2.05, 4.69) is 17.2 Å². The van der Waals surface area contributed by atoms with Gasteiger partial charge in [0.05, 0.1) is 11.4 Å². The summed E-state index contributed by atoms with van der Waals surface area (Å²) in [5.74, 6) is -0.448. The molecule has 0 spiro atoms. The zero-order valence-corrected chi connectivity index (χ0v) is 14.2. The van der Waals surface area contributed by atoms with Crippen LogP contribution in [0.1, 0.15) is 54.4 Å². The fourth-order valence-electron chi connectivity index (χ4n) is 2.50. The Labute approximate surface area is 141 Å². The Morgan fingerprint density at radius 3 is 2.75 bits per heavy atom. The molecule has 2 N–H and O–H groups in total. The Kier molecular flexibility index (Phi) is 5.79. The van der Waals surface area contributed by atoms with E-state index >= 15 is 0 Å². The Morgan fingerprint density at radius 1 is 1.38 bits per heavy atom. The molecule has 0 aliphatic heterocycles. The van der Waals surface area contributed by atoms with E-state index in [4.69, 9.17) is 5.41 Å². The first-order valence-electron chi connectivity index (χ1n) is 8.05. The van der Waals surface area contributed by atoms with E-state index in [0.717, 1.165) is 18.4 Å². The second kappa shape index (κ2) is 7.81. The summed E-state index contributed by atoms with van der Waals surface area (Å²) in [5, 5.41) is 11.6. The summed E-state index contributed by atoms with van der Waals surface area (Å²) in [5.41, 5.74) is 2.52. The number of anilines is 1. The van der Waals surface area contributed by atoms with Crippen molar-refractivity contribution in [2.75, 3.05) is 5.32 Å². The smallest absolute Gasteiger partial charge is 0.151 e. The van der Waals surface area contributed by atoms with Gasteiger partial charge in [-0.3, -0.25) is 15.2 Å². The van der Waals surface area contributed by atoms with Crippen LogP contribution in [0.3, 0.4) is 0 Å². The van der Waals surface area contributed by atoms with Crippen LogP contribution in [0, 0.1) is 11.2 Å². The molecule has 0 amide bonds. The lowest BCUT2D eigenvalue weighted by atomic mass is 10.00. The zero-order chi connectivity index (χ0) is 17.7. The highest BCUT2D eigenvalue weighted by Gasteiger charge is 2.17. The second-order valence-electron chi connectivity index (χ2n) is 6.02. The van der Waals surface area contributed by atoms with Crippen LogP contribution >= 0.6 is 0 Å². The lowest BCUT2D eigenvalue weighted by Crippen LogP contribution is -2.16. The number of carbonyl (C=O) groups is 1. The number of nitrogens with zero attached hydrogens (tertiary/aromatic N) is 1. The zero-order valence-electron chi connectivity index (χ0n) is 14.2. The van der Waals surface area contributed by atoms with E-state index in [1.165, 1.54) is 12.3 Å². The minimum absolute atomic E-state index is 0.00560. The van der Waals surface area contributed by atoms with Gasteiger partial charge >= 0.3 is 0 Å². The Bertz CT molecular complexity index is 756. The average molecular weight is 327 g/mol. The highest BCUT2D eigenvalue weighted by molar-refractivity contribution is 6.13. The number of hydrogen-bond donors (Lipinski definition) is 2. The van der Waals surface area contributed by atoms with Gasteiger partial charge < -0.3 is 5.32 Å². The molecule has 0 saturated heterocycles. The minimum atomic E-state index is -0.448. The molecule has 4 nitrogen and oxygen atoms in total. The number of rotatable bonds is 7. The molecule has 0 aliphatic rings. The third-order valence-electron chi connectivity index (χ3n) is 3.56. The molecule has 24 heavy (non-hydrogen) atoms. The highest BCUT2D eigenvalue weighted by atomic mass is 19.1. The summed E-state index contributed by atoms with van der Waals surface area (Å²) in [6.45, 7) is 5.95. The Balaban J connectivity index is 2.49. The molecular formula is C19H22FN3O. The van der Waals surface area contributed by atoms with E-state index < -0.39 is 5.82 Å². The van der Waals surface area contributed by atoms with Gasteiger partial charge in [-0.1, -0.05) is 19.4 Å². The maximum absolute atomic E-state index is 14.2. The fourth-order valence-corrected chi connectivity index (χ4v) is 2.50. The van der Waals surface area contributed by atoms with Crippen LogP contribution in [0.5, 0.6) is 0 Å².